The fourth-order valence-electron chi connectivity index (χ4n) is 1.38. The van der Waals surface area contributed by atoms with Crippen LogP contribution in [0.15, 0.2) is 23.3 Å². The van der Waals surface area contributed by atoms with Crippen molar-refractivity contribution in [3.8, 4) is 6.07 Å². The molecular weight excluding hydrogens is 232 g/mol. The van der Waals surface area contributed by atoms with Gasteiger partial charge in [0.15, 0.2) is 5.84 Å². The zero-order valence-electron chi connectivity index (χ0n) is 9.55. The molecule has 1 aromatic carbocycles. The number of nitriles is 1. The highest BCUT2D eigenvalue weighted by Gasteiger charge is 2.03. The average Bonchev–Trinajstić information content (AvgIpc) is 2.71. The first-order chi connectivity index (χ1) is 8.61. The number of hydrogen-bond donors (Lipinski definition) is 3. The molecule has 0 aliphatic rings. The van der Waals surface area contributed by atoms with Gasteiger partial charge in [0, 0.05) is 7.05 Å². The molecule has 0 saturated carbocycles. The Bertz CT molecular complexity index is 675. The van der Waals surface area contributed by atoms with E-state index in [9.17, 15) is 0 Å². The van der Waals surface area contributed by atoms with E-state index in [-0.39, 0.29) is 11.5 Å². The number of aromatic nitrogens is 3. The number of hydrazone groups is 1. The van der Waals surface area contributed by atoms with Gasteiger partial charge in [0.25, 0.3) is 0 Å². The predicted molar refractivity (Wildman–Crippen MR) is 67.1 cm³/mol. The average molecular weight is 242 g/mol. The van der Waals surface area contributed by atoms with Gasteiger partial charge in [-0.1, -0.05) is 5.21 Å². The molecule has 0 fully saturated rings. The minimum absolute atomic E-state index is 0.172. The first kappa shape index (κ1) is 11.5. The molecule has 0 bridgehead atoms. The maximum Gasteiger partial charge on any atom is 0.201 e. The van der Waals surface area contributed by atoms with Gasteiger partial charge in [-0.25, -0.2) is 4.68 Å². The molecule has 0 amide bonds. The van der Waals surface area contributed by atoms with Crippen LogP contribution in [0, 0.1) is 16.7 Å². The molecule has 0 saturated heterocycles. The highest BCUT2D eigenvalue weighted by Crippen LogP contribution is 2.16. The van der Waals surface area contributed by atoms with Gasteiger partial charge in [-0.2, -0.15) is 10.4 Å². The van der Waals surface area contributed by atoms with Crippen LogP contribution in [0.25, 0.3) is 11.0 Å². The lowest BCUT2D eigenvalue weighted by molar-refractivity contribution is 0.736. The monoisotopic (exact) mass is 242 g/mol. The van der Waals surface area contributed by atoms with Crippen LogP contribution in [-0.2, 0) is 7.05 Å². The third-order valence-electron chi connectivity index (χ3n) is 2.27. The quantitative estimate of drug-likeness (QED) is 0.402. The maximum absolute atomic E-state index is 8.68. The van der Waals surface area contributed by atoms with Crippen molar-refractivity contribution in [2.45, 2.75) is 0 Å². The number of nitrogens with zero attached hydrogens (tertiary/aromatic N) is 5. The first-order valence-corrected chi connectivity index (χ1v) is 4.99. The molecule has 90 valence electrons. The van der Waals surface area contributed by atoms with Crippen molar-refractivity contribution in [3.05, 3.63) is 18.2 Å². The van der Waals surface area contributed by atoms with Gasteiger partial charge in [0.05, 0.1) is 11.2 Å². The van der Waals surface area contributed by atoms with Gasteiger partial charge in [0.1, 0.15) is 11.6 Å². The van der Waals surface area contributed by atoms with Gasteiger partial charge < -0.3 is 5.73 Å². The van der Waals surface area contributed by atoms with E-state index >= 15 is 0 Å². The molecule has 0 aliphatic carbocycles. The number of benzene rings is 1. The van der Waals surface area contributed by atoms with E-state index in [1.165, 1.54) is 0 Å². The summed E-state index contributed by atoms with van der Waals surface area (Å²) < 4.78 is 1.65. The third kappa shape index (κ3) is 2.10. The van der Waals surface area contributed by atoms with Crippen LogP contribution in [0.4, 0.5) is 5.69 Å². The van der Waals surface area contributed by atoms with Crippen LogP contribution in [0.5, 0.6) is 0 Å². The second kappa shape index (κ2) is 4.50. The molecule has 8 heteroatoms. The molecule has 1 heterocycles. The summed E-state index contributed by atoms with van der Waals surface area (Å²) in [6.45, 7) is 0. The van der Waals surface area contributed by atoms with Crippen molar-refractivity contribution in [1.29, 1.82) is 10.7 Å². The molecule has 0 atom stereocenters. The second-order valence-electron chi connectivity index (χ2n) is 3.51. The van der Waals surface area contributed by atoms with E-state index in [1.54, 1.807) is 29.9 Å². The lowest BCUT2D eigenvalue weighted by Gasteiger charge is -2.00. The normalized spacial score (nSPS) is 11.2. The zero-order chi connectivity index (χ0) is 13.1. The Morgan fingerprint density at radius 1 is 1.61 bits per heavy atom. The Labute approximate surface area is 102 Å². The highest BCUT2D eigenvalue weighted by atomic mass is 15.4. The van der Waals surface area contributed by atoms with Crippen LogP contribution in [0.1, 0.15) is 0 Å². The number of nitrogens with one attached hydrogen (secondary N) is 2. The molecule has 0 spiro atoms. The van der Waals surface area contributed by atoms with Crippen molar-refractivity contribution in [2.75, 3.05) is 5.43 Å². The molecule has 4 N–H and O–H groups in total. The van der Waals surface area contributed by atoms with E-state index < -0.39 is 0 Å². The molecule has 0 radical (unpaired) electrons. The van der Waals surface area contributed by atoms with Crippen molar-refractivity contribution in [2.24, 2.45) is 17.9 Å². The number of hydrogen-bond acceptors (Lipinski definition) is 6. The fourth-order valence-corrected chi connectivity index (χ4v) is 1.38. The molecule has 18 heavy (non-hydrogen) atoms. The summed E-state index contributed by atoms with van der Waals surface area (Å²) in [5.74, 6) is -0.384. The molecule has 1 aromatic heterocycles. The topological polar surface area (TPSA) is 129 Å². The minimum atomic E-state index is -0.384. The molecular formula is C10H10N8. The van der Waals surface area contributed by atoms with E-state index in [0.29, 0.717) is 11.2 Å². The second-order valence-corrected chi connectivity index (χ2v) is 3.51. The Morgan fingerprint density at radius 3 is 3.06 bits per heavy atom. The summed E-state index contributed by atoms with van der Waals surface area (Å²) >= 11 is 0. The standard InChI is InChI=1S/C10H10N8/c1-18-9-3-2-6(4-7(9)16-17-18)14-15-8(5-11)10(12)13/h2-4,14H,1H3,(H3,12,13)/b15-8+. The number of aryl methyl sites for hydroxylation is 1. The molecule has 0 aliphatic heterocycles. The Kier molecular flexibility index (Phi) is 2.89. The van der Waals surface area contributed by atoms with Gasteiger partial charge in [-0.3, -0.25) is 10.8 Å². The number of amidine groups is 1. The number of nitrogens with two attached hydrogens (primary N) is 1. The Hall–Kier alpha value is -2.95. The van der Waals surface area contributed by atoms with Gasteiger partial charge in [-0.15, -0.1) is 5.10 Å². The summed E-state index contributed by atoms with van der Waals surface area (Å²) in [6.07, 6.45) is 0. The maximum atomic E-state index is 8.68. The minimum Gasteiger partial charge on any atom is -0.382 e. The SMILES string of the molecule is Cn1nnc2cc(N/N=C(\C#N)C(=N)N)ccc21. The summed E-state index contributed by atoms with van der Waals surface area (Å²) in [4.78, 5) is 0. The zero-order valence-corrected chi connectivity index (χ0v) is 9.55. The summed E-state index contributed by atoms with van der Waals surface area (Å²) in [5.41, 5.74) is 9.87. The predicted octanol–water partition coefficient (Wildman–Crippen LogP) is 0.196. The van der Waals surface area contributed by atoms with E-state index in [1.807, 2.05) is 6.07 Å². The lowest BCUT2D eigenvalue weighted by atomic mass is 10.3. The van der Waals surface area contributed by atoms with Crippen LogP contribution in [0.3, 0.4) is 0 Å². The molecule has 8 nitrogen and oxygen atoms in total. The van der Waals surface area contributed by atoms with Crippen LogP contribution in [-0.4, -0.2) is 26.5 Å². The lowest BCUT2D eigenvalue weighted by Crippen LogP contribution is -2.21. The molecule has 2 aromatic rings. The molecule has 0 unspecified atom stereocenters. The van der Waals surface area contributed by atoms with Crippen molar-refractivity contribution >= 4 is 28.3 Å². The number of fused-ring (bicyclic) bond motifs is 1. The first-order valence-electron chi connectivity index (χ1n) is 4.99. The summed E-state index contributed by atoms with van der Waals surface area (Å²) in [7, 11) is 1.80. The van der Waals surface area contributed by atoms with E-state index in [2.05, 4.69) is 20.8 Å². The highest BCUT2D eigenvalue weighted by molar-refractivity contribution is 6.45. The smallest absolute Gasteiger partial charge is 0.201 e. The Balaban J connectivity index is 2.28. The van der Waals surface area contributed by atoms with Gasteiger partial charge in [-0.05, 0) is 18.2 Å². The number of anilines is 1. The number of rotatable bonds is 3. The fraction of sp³-hybridized carbons (Fsp3) is 0.100. The van der Waals surface area contributed by atoms with Crippen molar-refractivity contribution in [3.63, 3.8) is 0 Å². The van der Waals surface area contributed by atoms with Crippen LogP contribution in [0.2, 0.25) is 0 Å². The third-order valence-corrected chi connectivity index (χ3v) is 2.27. The molecule has 2 rings (SSSR count). The van der Waals surface area contributed by atoms with Crippen molar-refractivity contribution < 1.29 is 0 Å². The summed E-state index contributed by atoms with van der Waals surface area (Å²) in [6, 6.07) is 7.05. The van der Waals surface area contributed by atoms with Crippen LogP contribution >= 0.6 is 0 Å². The largest absolute Gasteiger partial charge is 0.382 e. The van der Waals surface area contributed by atoms with Crippen LogP contribution < -0.4 is 11.2 Å². The van der Waals surface area contributed by atoms with E-state index in [0.717, 1.165) is 5.52 Å². The van der Waals surface area contributed by atoms with Gasteiger partial charge >= 0.3 is 0 Å². The van der Waals surface area contributed by atoms with Gasteiger partial charge in [0.2, 0.25) is 5.71 Å². The Morgan fingerprint density at radius 2 is 2.39 bits per heavy atom. The van der Waals surface area contributed by atoms with E-state index in [4.69, 9.17) is 16.4 Å². The summed E-state index contributed by atoms with van der Waals surface area (Å²) in [5, 5.41) is 27.3. The van der Waals surface area contributed by atoms with Crippen molar-refractivity contribution in [1.82, 2.24) is 15.0 Å².